The summed E-state index contributed by atoms with van der Waals surface area (Å²) >= 11 is 0. The van der Waals surface area contributed by atoms with E-state index in [0.29, 0.717) is 0 Å². The van der Waals surface area contributed by atoms with Crippen molar-refractivity contribution in [3.63, 3.8) is 0 Å². The van der Waals surface area contributed by atoms with Gasteiger partial charge >= 0.3 is 0 Å². The molecule has 0 radical (unpaired) electrons. The third kappa shape index (κ3) is 2.78. The molecule has 0 aliphatic carbocycles. The molecule has 0 aliphatic rings. The van der Waals surface area contributed by atoms with Crippen molar-refractivity contribution in [2.24, 2.45) is 0 Å². The van der Waals surface area contributed by atoms with Gasteiger partial charge in [-0.25, -0.2) is 0 Å². The summed E-state index contributed by atoms with van der Waals surface area (Å²) in [6.45, 7) is 1.90. The van der Waals surface area contributed by atoms with Crippen LogP contribution in [0.4, 0.5) is 6.01 Å². The van der Waals surface area contributed by atoms with Gasteiger partial charge in [0, 0.05) is 6.42 Å². The Kier molecular flexibility index (Phi) is 3.32. The average Bonchev–Trinajstić information content (AvgIpc) is 2.65. The predicted octanol–water partition coefficient (Wildman–Crippen LogP) is 2.36. The van der Waals surface area contributed by atoms with E-state index in [1.54, 1.807) is 7.11 Å². The van der Waals surface area contributed by atoms with E-state index < -0.39 is 0 Å². The molecular weight excluding hydrogens is 216 g/mol. The molecule has 90 valence electrons. The fourth-order valence-corrected chi connectivity index (χ4v) is 1.77. The Balaban J connectivity index is 2.04. The van der Waals surface area contributed by atoms with Gasteiger partial charge in [0.05, 0.1) is 12.8 Å². The van der Waals surface area contributed by atoms with E-state index in [1.165, 1.54) is 5.56 Å². The molecular formula is C13H16N2O2. The quantitative estimate of drug-likeness (QED) is 0.879. The largest absolute Gasteiger partial charge is 0.497 e. The zero-order valence-corrected chi connectivity index (χ0v) is 10.1. The highest BCUT2D eigenvalue weighted by molar-refractivity contribution is 5.29. The fourth-order valence-electron chi connectivity index (χ4n) is 1.77. The van der Waals surface area contributed by atoms with Crippen LogP contribution in [-0.2, 0) is 12.8 Å². The number of ether oxygens (including phenoxy) is 1. The van der Waals surface area contributed by atoms with Crippen molar-refractivity contribution < 1.29 is 9.15 Å². The SMILES string of the molecule is COc1cccc(CCc2oc(N)nc2C)c1. The van der Waals surface area contributed by atoms with Crippen LogP contribution in [0.2, 0.25) is 0 Å². The molecule has 2 N–H and O–H groups in total. The predicted molar refractivity (Wildman–Crippen MR) is 66.1 cm³/mol. The third-order valence-corrected chi connectivity index (χ3v) is 2.68. The monoisotopic (exact) mass is 232 g/mol. The van der Waals surface area contributed by atoms with Gasteiger partial charge in [0.2, 0.25) is 0 Å². The molecule has 0 amide bonds. The first kappa shape index (κ1) is 11.5. The lowest BCUT2D eigenvalue weighted by Gasteiger charge is -2.03. The summed E-state index contributed by atoms with van der Waals surface area (Å²) in [5.41, 5.74) is 7.57. The number of anilines is 1. The van der Waals surface area contributed by atoms with Gasteiger partial charge in [-0.2, -0.15) is 4.98 Å². The second-order valence-electron chi connectivity index (χ2n) is 3.91. The number of rotatable bonds is 4. The number of aryl methyl sites for hydroxylation is 3. The van der Waals surface area contributed by atoms with Crippen molar-refractivity contribution in [2.45, 2.75) is 19.8 Å². The zero-order chi connectivity index (χ0) is 12.3. The molecule has 0 atom stereocenters. The highest BCUT2D eigenvalue weighted by Crippen LogP contribution is 2.17. The molecule has 0 fully saturated rings. The van der Waals surface area contributed by atoms with Crippen molar-refractivity contribution in [1.29, 1.82) is 0 Å². The Hall–Kier alpha value is -1.97. The standard InChI is InChI=1S/C13H16N2O2/c1-9-12(17-13(14)15-9)7-6-10-4-3-5-11(8-10)16-2/h3-5,8H,6-7H2,1-2H3,(H2,14,15). The minimum atomic E-state index is 0.239. The van der Waals surface area contributed by atoms with Crippen molar-refractivity contribution in [2.75, 3.05) is 12.8 Å². The molecule has 1 heterocycles. The molecule has 4 heteroatoms. The van der Waals surface area contributed by atoms with E-state index in [1.807, 2.05) is 25.1 Å². The summed E-state index contributed by atoms with van der Waals surface area (Å²) in [7, 11) is 1.67. The lowest BCUT2D eigenvalue weighted by atomic mass is 10.1. The molecule has 4 nitrogen and oxygen atoms in total. The first-order chi connectivity index (χ1) is 8.19. The van der Waals surface area contributed by atoms with Crippen LogP contribution in [0.15, 0.2) is 28.7 Å². The maximum Gasteiger partial charge on any atom is 0.292 e. The summed E-state index contributed by atoms with van der Waals surface area (Å²) < 4.78 is 10.5. The van der Waals surface area contributed by atoms with E-state index in [9.17, 15) is 0 Å². The molecule has 0 saturated heterocycles. The topological polar surface area (TPSA) is 61.3 Å². The molecule has 1 aromatic heterocycles. The van der Waals surface area contributed by atoms with Crippen molar-refractivity contribution in [1.82, 2.24) is 4.98 Å². The molecule has 2 rings (SSSR count). The first-order valence-electron chi connectivity index (χ1n) is 5.53. The van der Waals surface area contributed by atoms with Gasteiger partial charge < -0.3 is 14.9 Å². The fraction of sp³-hybridized carbons (Fsp3) is 0.308. The van der Waals surface area contributed by atoms with Crippen molar-refractivity contribution in [3.8, 4) is 5.75 Å². The van der Waals surface area contributed by atoms with E-state index in [-0.39, 0.29) is 6.01 Å². The summed E-state index contributed by atoms with van der Waals surface area (Å²) in [4.78, 5) is 4.04. The Labute approximate surface area is 100 Å². The van der Waals surface area contributed by atoms with E-state index >= 15 is 0 Å². The number of nitrogens with zero attached hydrogens (tertiary/aromatic N) is 1. The van der Waals surface area contributed by atoms with Gasteiger partial charge in [-0.1, -0.05) is 12.1 Å². The molecule has 17 heavy (non-hydrogen) atoms. The Morgan fingerprint density at radius 3 is 2.82 bits per heavy atom. The van der Waals surface area contributed by atoms with Gasteiger partial charge in [-0.15, -0.1) is 0 Å². The van der Waals surface area contributed by atoms with Gasteiger partial charge in [0.15, 0.2) is 0 Å². The average molecular weight is 232 g/mol. The van der Waals surface area contributed by atoms with Gasteiger partial charge in [-0.3, -0.25) is 0 Å². The number of aromatic nitrogens is 1. The molecule has 0 spiro atoms. The van der Waals surface area contributed by atoms with Crippen LogP contribution in [-0.4, -0.2) is 12.1 Å². The highest BCUT2D eigenvalue weighted by Gasteiger charge is 2.07. The molecule has 0 unspecified atom stereocenters. The van der Waals surface area contributed by atoms with Crippen LogP contribution < -0.4 is 10.5 Å². The minimum Gasteiger partial charge on any atom is -0.497 e. The van der Waals surface area contributed by atoms with E-state index in [4.69, 9.17) is 14.9 Å². The van der Waals surface area contributed by atoms with E-state index in [2.05, 4.69) is 11.1 Å². The van der Waals surface area contributed by atoms with Crippen LogP contribution in [0.3, 0.4) is 0 Å². The van der Waals surface area contributed by atoms with Crippen LogP contribution in [0.5, 0.6) is 5.75 Å². The lowest BCUT2D eigenvalue weighted by molar-refractivity contribution is 0.414. The minimum absolute atomic E-state index is 0.239. The van der Waals surface area contributed by atoms with Gasteiger partial charge in [0.25, 0.3) is 6.01 Å². The smallest absolute Gasteiger partial charge is 0.292 e. The molecule has 0 aliphatic heterocycles. The number of hydrogen-bond acceptors (Lipinski definition) is 4. The molecule has 1 aromatic carbocycles. The summed E-state index contributed by atoms with van der Waals surface area (Å²) in [6.07, 6.45) is 1.68. The van der Waals surface area contributed by atoms with Gasteiger partial charge in [0.1, 0.15) is 11.5 Å². The normalized spacial score (nSPS) is 10.5. The van der Waals surface area contributed by atoms with Gasteiger partial charge in [-0.05, 0) is 31.0 Å². The first-order valence-corrected chi connectivity index (χ1v) is 5.53. The summed E-state index contributed by atoms with van der Waals surface area (Å²) in [5, 5.41) is 0. The number of hydrogen-bond donors (Lipinski definition) is 1. The van der Waals surface area contributed by atoms with Crippen molar-refractivity contribution >= 4 is 6.01 Å². The summed E-state index contributed by atoms with van der Waals surface area (Å²) in [5.74, 6) is 1.72. The second-order valence-corrected chi connectivity index (χ2v) is 3.91. The van der Waals surface area contributed by atoms with Crippen LogP contribution >= 0.6 is 0 Å². The Morgan fingerprint density at radius 1 is 1.35 bits per heavy atom. The van der Waals surface area contributed by atoms with Crippen LogP contribution in [0.1, 0.15) is 17.0 Å². The lowest BCUT2D eigenvalue weighted by Crippen LogP contribution is -1.93. The number of oxazole rings is 1. The Morgan fingerprint density at radius 2 is 2.18 bits per heavy atom. The molecule has 0 bridgehead atoms. The maximum atomic E-state index is 5.50. The maximum absolute atomic E-state index is 5.50. The third-order valence-electron chi connectivity index (χ3n) is 2.68. The Bertz CT molecular complexity index is 506. The second kappa shape index (κ2) is 4.91. The van der Waals surface area contributed by atoms with E-state index in [0.717, 1.165) is 30.0 Å². The highest BCUT2D eigenvalue weighted by atomic mass is 16.5. The number of nitrogen functional groups attached to an aromatic ring is 1. The summed E-state index contributed by atoms with van der Waals surface area (Å²) in [6, 6.07) is 8.24. The molecule has 2 aromatic rings. The van der Waals surface area contributed by atoms with Crippen molar-refractivity contribution in [3.05, 3.63) is 41.3 Å². The number of methoxy groups -OCH3 is 1. The van der Waals surface area contributed by atoms with Crippen LogP contribution in [0.25, 0.3) is 0 Å². The molecule has 0 saturated carbocycles. The number of benzene rings is 1. The van der Waals surface area contributed by atoms with Crippen LogP contribution in [0, 0.1) is 6.92 Å². The zero-order valence-electron chi connectivity index (χ0n) is 10.1. The number of nitrogens with two attached hydrogens (primary N) is 1.